The van der Waals surface area contributed by atoms with Crippen LogP contribution < -0.4 is 0 Å². The maximum absolute atomic E-state index is 10.5. The van der Waals surface area contributed by atoms with E-state index in [4.69, 9.17) is 20.8 Å². The smallest absolute Gasteiger partial charge is 0.193 e. The van der Waals surface area contributed by atoms with Crippen LogP contribution in [0.3, 0.4) is 0 Å². The van der Waals surface area contributed by atoms with Crippen LogP contribution in [0.2, 0.25) is 5.22 Å². The summed E-state index contributed by atoms with van der Waals surface area (Å²) in [4.78, 5) is 0. The second-order valence-corrected chi connectivity index (χ2v) is 7.08. The number of hydrogen-bond donors (Lipinski definition) is 1. The van der Waals surface area contributed by atoms with Gasteiger partial charge in [-0.15, -0.1) is 0 Å². The molecule has 1 N–H and O–H groups in total. The molecule has 3 nitrogen and oxygen atoms in total. The summed E-state index contributed by atoms with van der Waals surface area (Å²) in [6.45, 7) is 0.737. The highest BCUT2D eigenvalue weighted by Crippen LogP contribution is 2.43. The van der Waals surface area contributed by atoms with Crippen LogP contribution in [0.25, 0.3) is 0 Å². The molecule has 1 spiro atoms. The minimum Gasteiger partial charge on any atom is -0.447 e. The zero-order valence-corrected chi connectivity index (χ0v) is 12.4. The van der Waals surface area contributed by atoms with E-state index in [9.17, 15) is 5.11 Å². The van der Waals surface area contributed by atoms with Crippen LogP contribution in [0.5, 0.6) is 0 Å². The monoisotopic (exact) mass is 302 g/mol. The Bertz CT molecular complexity index is 423. The minimum atomic E-state index is -0.567. The van der Waals surface area contributed by atoms with Crippen molar-refractivity contribution < 1.29 is 14.3 Å². The van der Waals surface area contributed by atoms with Gasteiger partial charge in [0.05, 0.1) is 5.60 Å². The number of rotatable bonds is 2. The number of halogens is 1. The van der Waals surface area contributed by atoms with Gasteiger partial charge in [0.25, 0.3) is 0 Å². The Labute approximate surface area is 122 Å². The quantitative estimate of drug-likeness (QED) is 0.905. The van der Waals surface area contributed by atoms with Crippen LogP contribution >= 0.6 is 23.4 Å². The molecule has 1 aromatic heterocycles. The fourth-order valence-corrected chi connectivity index (χ4v) is 4.54. The van der Waals surface area contributed by atoms with Gasteiger partial charge in [-0.25, -0.2) is 0 Å². The third-order valence-electron chi connectivity index (χ3n) is 4.27. The van der Waals surface area contributed by atoms with Crippen molar-refractivity contribution in [2.75, 3.05) is 18.1 Å². The first-order chi connectivity index (χ1) is 9.19. The van der Waals surface area contributed by atoms with Gasteiger partial charge in [0.2, 0.25) is 0 Å². The predicted molar refractivity (Wildman–Crippen MR) is 76.6 cm³/mol. The summed E-state index contributed by atoms with van der Waals surface area (Å²) in [5.74, 6) is 3.11. The van der Waals surface area contributed by atoms with E-state index in [1.807, 2.05) is 11.8 Å². The second kappa shape index (κ2) is 5.68. The number of aliphatic hydroxyl groups excluding tert-OH is 1. The van der Waals surface area contributed by atoms with Crippen molar-refractivity contribution in [2.24, 2.45) is 5.92 Å². The maximum atomic E-state index is 10.5. The van der Waals surface area contributed by atoms with Gasteiger partial charge in [0, 0.05) is 6.61 Å². The standard InChI is InChI=1S/C14H19ClO3S/c15-12-2-1-11(18-12)13(16)10-3-6-17-14(9-10)4-7-19-8-5-14/h1-2,10,13,16H,3-9H2. The highest BCUT2D eigenvalue weighted by Gasteiger charge is 2.41. The highest BCUT2D eigenvalue weighted by atomic mass is 35.5. The summed E-state index contributed by atoms with van der Waals surface area (Å²) in [5.41, 5.74) is -0.00840. The topological polar surface area (TPSA) is 42.6 Å². The molecule has 106 valence electrons. The van der Waals surface area contributed by atoms with Crippen molar-refractivity contribution in [1.29, 1.82) is 0 Å². The fraction of sp³-hybridized carbons (Fsp3) is 0.714. The molecule has 5 heteroatoms. The molecule has 3 rings (SSSR count). The van der Waals surface area contributed by atoms with Crippen molar-refractivity contribution in [1.82, 2.24) is 0 Å². The van der Waals surface area contributed by atoms with E-state index >= 15 is 0 Å². The Balaban J connectivity index is 1.70. The zero-order chi connectivity index (χ0) is 13.3. The molecule has 0 saturated carbocycles. The Morgan fingerprint density at radius 3 is 2.84 bits per heavy atom. The lowest BCUT2D eigenvalue weighted by Gasteiger charge is -2.44. The van der Waals surface area contributed by atoms with E-state index in [0.29, 0.717) is 11.0 Å². The van der Waals surface area contributed by atoms with Crippen LogP contribution in [0.15, 0.2) is 16.5 Å². The molecule has 0 bridgehead atoms. The number of ether oxygens (including phenoxy) is 1. The van der Waals surface area contributed by atoms with Crippen molar-refractivity contribution in [3.8, 4) is 0 Å². The van der Waals surface area contributed by atoms with E-state index in [1.54, 1.807) is 12.1 Å². The van der Waals surface area contributed by atoms with Crippen LogP contribution in [-0.2, 0) is 4.74 Å². The Kier molecular flexibility index (Phi) is 4.13. The molecule has 2 atom stereocenters. The lowest BCUT2D eigenvalue weighted by Crippen LogP contribution is -2.44. The normalized spacial score (nSPS) is 28.4. The van der Waals surface area contributed by atoms with Gasteiger partial charge in [-0.2, -0.15) is 11.8 Å². The van der Waals surface area contributed by atoms with Crippen LogP contribution in [0.4, 0.5) is 0 Å². The van der Waals surface area contributed by atoms with Crippen LogP contribution in [0, 0.1) is 5.92 Å². The summed E-state index contributed by atoms with van der Waals surface area (Å²) in [7, 11) is 0. The zero-order valence-electron chi connectivity index (χ0n) is 10.8. The van der Waals surface area contributed by atoms with Crippen molar-refractivity contribution >= 4 is 23.4 Å². The molecule has 2 aliphatic heterocycles. The first-order valence-electron chi connectivity index (χ1n) is 6.84. The molecule has 19 heavy (non-hydrogen) atoms. The Morgan fingerprint density at radius 2 is 2.16 bits per heavy atom. The molecule has 0 radical (unpaired) electrons. The van der Waals surface area contributed by atoms with E-state index in [0.717, 1.165) is 43.8 Å². The summed E-state index contributed by atoms with van der Waals surface area (Å²) in [6, 6.07) is 3.46. The second-order valence-electron chi connectivity index (χ2n) is 5.48. The van der Waals surface area contributed by atoms with Gasteiger partial charge in [-0.1, -0.05) is 0 Å². The molecular formula is C14H19ClO3S. The number of furan rings is 1. The average Bonchev–Trinajstić information content (AvgIpc) is 2.85. The minimum absolute atomic E-state index is 0.00840. The number of aliphatic hydroxyl groups is 1. The molecule has 1 aromatic rings. The Hall–Kier alpha value is -0.160. The lowest BCUT2D eigenvalue weighted by atomic mass is 9.79. The van der Waals surface area contributed by atoms with Gasteiger partial charge in [0.15, 0.2) is 5.22 Å². The SMILES string of the molecule is OC(c1ccc(Cl)o1)C1CCOC2(CCSCC2)C1. The van der Waals surface area contributed by atoms with Crippen molar-refractivity contribution in [2.45, 2.75) is 37.4 Å². The van der Waals surface area contributed by atoms with Crippen molar-refractivity contribution in [3.05, 3.63) is 23.1 Å². The van der Waals surface area contributed by atoms with Gasteiger partial charge in [-0.3, -0.25) is 0 Å². The molecule has 0 aromatic carbocycles. The van der Waals surface area contributed by atoms with Gasteiger partial charge in [-0.05, 0) is 66.8 Å². The Morgan fingerprint density at radius 1 is 1.37 bits per heavy atom. The third-order valence-corrected chi connectivity index (χ3v) is 5.46. The molecule has 2 aliphatic rings. The third kappa shape index (κ3) is 2.97. The van der Waals surface area contributed by atoms with E-state index in [1.165, 1.54) is 0 Å². The molecule has 0 amide bonds. The van der Waals surface area contributed by atoms with E-state index in [-0.39, 0.29) is 11.5 Å². The van der Waals surface area contributed by atoms with Crippen LogP contribution in [0.1, 0.15) is 37.5 Å². The summed E-state index contributed by atoms with van der Waals surface area (Å²) in [5, 5.41) is 10.8. The average molecular weight is 303 g/mol. The number of hydrogen-bond acceptors (Lipinski definition) is 4. The first-order valence-corrected chi connectivity index (χ1v) is 8.37. The van der Waals surface area contributed by atoms with E-state index in [2.05, 4.69) is 0 Å². The summed E-state index contributed by atoms with van der Waals surface area (Å²) < 4.78 is 11.4. The highest BCUT2D eigenvalue weighted by molar-refractivity contribution is 7.99. The van der Waals surface area contributed by atoms with Gasteiger partial charge >= 0.3 is 0 Å². The first kappa shape index (κ1) is 13.8. The molecule has 2 unspecified atom stereocenters. The molecular weight excluding hydrogens is 284 g/mol. The molecule has 3 heterocycles. The van der Waals surface area contributed by atoms with Gasteiger partial charge in [0.1, 0.15) is 11.9 Å². The van der Waals surface area contributed by atoms with E-state index < -0.39 is 6.10 Å². The van der Waals surface area contributed by atoms with Crippen molar-refractivity contribution in [3.63, 3.8) is 0 Å². The predicted octanol–water partition coefficient (Wildman–Crippen LogP) is 3.66. The lowest BCUT2D eigenvalue weighted by molar-refractivity contribution is -0.123. The maximum Gasteiger partial charge on any atom is 0.193 e. The molecule has 2 fully saturated rings. The molecule has 0 aliphatic carbocycles. The summed E-state index contributed by atoms with van der Waals surface area (Å²) >= 11 is 7.77. The number of thioether (sulfide) groups is 1. The fourth-order valence-electron chi connectivity index (χ4n) is 3.15. The summed E-state index contributed by atoms with van der Waals surface area (Å²) in [6.07, 6.45) is 3.43. The van der Waals surface area contributed by atoms with Crippen LogP contribution in [-0.4, -0.2) is 28.8 Å². The molecule has 2 saturated heterocycles. The largest absolute Gasteiger partial charge is 0.447 e. The van der Waals surface area contributed by atoms with Gasteiger partial charge < -0.3 is 14.3 Å².